The fourth-order valence-electron chi connectivity index (χ4n) is 4.69. The minimum Gasteiger partial charge on any atom is -0.316 e. The predicted octanol–water partition coefficient (Wildman–Crippen LogP) is 1.60. The van der Waals surface area contributed by atoms with Crippen LogP contribution in [-0.2, 0) is 0 Å². The molecule has 0 unspecified atom stereocenters. The van der Waals surface area contributed by atoms with E-state index >= 15 is 0 Å². The zero-order chi connectivity index (χ0) is 28.4. The van der Waals surface area contributed by atoms with E-state index in [1.165, 1.54) is 0 Å². The average molecular weight is 541 g/mol. The molecular weight excluding hydrogens is 472 g/mol. The Kier molecular flexibility index (Phi) is 17.8. The first-order valence-electron chi connectivity index (χ1n) is 15.5. The van der Waals surface area contributed by atoms with Crippen molar-refractivity contribution in [2.45, 2.75) is 68.2 Å². The summed E-state index contributed by atoms with van der Waals surface area (Å²) in [6.45, 7) is 35.4. The minimum absolute atomic E-state index is 0.254. The molecule has 1 fully saturated rings. The Bertz CT molecular complexity index is 479. The van der Waals surface area contributed by atoms with Gasteiger partial charge in [-0.05, 0) is 60.7 Å². The second-order valence-corrected chi connectivity index (χ2v) is 14.8. The lowest BCUT2D eigenvalue weighted by Crippen LogP contribution is -2.44. The van der Waals surface area contributed by atoms with Crippen molar-refractivity contribution in [1.29, 1.82) is 0 Å². The van der Waals surface area contributed by atoms with E-state index in [2.05, 4.69) is 97.9 Å². The number of hydrogen-bond acceptors (Lipinski definition) is 8. The largest absolute Gasteiger partial charge is 0.316 e. The van der Waals surface area contributed by atoms with Gasteiger partial charge in [0, 0.05) is 78.5 Å². The first kappa shape index (κ1) is 35.7. The molecule has 0 atom stereocenters. The van der Waals surface area contributed by atoms with Gasteiger partial charge in [-0.3, -0.25) is 0 Å². The first-order valence-corrected chi connectivity index (χ1v) is 15.5. The van der Waals surface area contributed by atoms with Gasteiger partial charge >= 0.3 is 0 Å². The highest BCUT2D eigenvalue weighted by molar-refractivity contribution is 4.79. The Balaban J connectivity index is 2.43. The summed E-state index contributed by atoms with van der Waals surface area (Å²) in [5.41, 5.74) is 1.02. The van der Waals surface area contributed by atoms with Crippen LogP contribution in [0.25, 0.3) is 0 Å². The van der Waals surface area contributed by atoms with Crippen LogP contribution in [0.1, 0.15) is 68.2 Å². The summed E-state index contributed by atoms with van der Waals surface area (Å²) in [5, 5.41) is 29.3. The summed E-state index contributed by atoms with van der Waals surface area (Å²) in [6.07, 6.45) is 2.33. The van der Waals surface area contributed by atoms with Crippen LogP contribution in [0.15, 0.2) is 0 Å². The summed E-state index contributed by atoms with van der Waals surface area (Å²) < 4.78 is 0. The van der Waals surface area contributed by atoms with Crippen molar-refractivity contribution < 1.29 is 0 Å². The summed E-state index contributed by atoms with van der Waals surface area (Å²) >= 11 is 0. The third-order valence-corrected chi connectivity index (χ3v) is 7.20. The lowest BCUT2D eigenvalue weighted by atomic mass is 9.93. The molecule has 0 aromatic carbocycles. The quantitative estimate of drug-likeness (QED) is 0.235. The van der Waals surface area contributed by atoms with Gasteiger partial charge in [0.15, 0.2) is 0 Å². The van der Waals surface area contributed by atoms with Gasteiger partial charge in [-0.15, -0.1) is 0 Å². The van der Waals surface area contributed by atoms with Crippen LogP contribution in [0.3, 0.4) is 0 Å². The van der Waals surface area contributed by atoms with E-state index in [-0.39, 0.29) is 21.7 Å². The molecular formula is C30H68N8. The maximum absolute atomic E-state index is 3.67. The van der Waals surface area contributed by atoms with Crippen LogP contribution >= 0.6 is 0 Å². The Hall–Kier alpha value is -0.320. The maximum atomic E-state index is 3.67. The van der Waals surface area contributed by atoms with Crippen molar-refractivity contribution in [3.8, 4) is 0 Å². The van der Waals surface area contributed by atoms with Gasteiger partial charge < -0.3 is 42.5 Å². The van der Waals surface area contributed by atoms with Crippen molar-refractivity contribution in [3.05, 3.63) is 0 Å². The smallest absolute Gasteiger partial charge is 0.00769 e. The van der Waals surface area contributed by atoms with Gasteiger partial charge in [0.1, 0.15) is 0 Å². The zero-order valence-electron chi connectivity index (χ0n) is 26.7. The summed E-state index contributed by atoms with van der Waals surface area (Å²) in [4.78, 5) is 0. The van der Waals surface area contributed by atoms with Crippen LogP contribution in [-0.4, -0.2) is 105 Å². The molecule has 1 rings (SSSR count). The van der Waals surface area contributed by atoms with E-state index in [4.69, 9.17) is 0 Å². The molecule has 1 aliphatic rings. The van der Waals surface area contributed by atoms with Crippen LogP contribution < -0.4 is 42.5 Å². The fraction of sp³-hybridized carbons (Fsp3) is 1.00. The molecule has 0 saturated carbocycles. The second-order valence-electron chi connectivity index (χ2n) is 14.8. The lowest BCUT2D eigenvalue weighted by Gasteiger charge is -2.28. The van der Waals surface area contributed by atoms with Gasteiger partial charge in [-0.2, -0.15) is 0 Å². The normalized spacial score (nSPS) is 27.2. The molecule has 1 saturated heterocycles. The standard InChI is InChI=1S/C30H68N8/c1-27(2)19-31-11-9-12-32-20-29(5,6)25-37-17-18-38-26-30(7,8)22-34-14-10-13-33-21-28(3,4)24-36-16-15-35-23-27/h31-38H,9-26H2,1-8H3. The Labute approximate surface area is 237 Å². The molecule has 8 N–H and O–H groups in total. The molecule has 8 heteroatoms. The number of rotatable bonds is 0. The van der Waals surface area contributed by atoms with Crippen LogP contribution in [0, 0.1) is 21.7 Å². The summed E-state index contributed by atoms with van der Waals surface area (Å²) in [7, 11) is 0. The van der Waals surface area contributed by atoms with Crippen LogP contribution in [0.2, 0.25) is 0 Å². The van der Waals surface area contributed by atoms with E-state index in [9.17, 15) is 0 Å². The molecule has 0 aliphatic carbocycles. The SMILES string of the molecule is CC1(C)CNCCCNCC(C)(C)CNCCNCC(C)(C)CNCCCNCC(C)(C)CNCCNC1. The van der Waals surface area contributed by atoms with Crippen molar-refractivity contribution >= 4 is 0 Å². The van der Waals surface area contributed by atoms with E-state index < -0.39 is 0 Å². The maximum Gasteiger partial charge on any atom is 0.00769 e. The van der Waals surface area contributed by atoms with Gasteiger partial charge in [-0.25, -0.2) is 0 Å². The zero-order valence-corrected chi connectivity index (χ0v) is 26.7. The lowest BCUT2D eigenvalue weighted by molar-refractivity contribution is 0.299. The first-order chi connectivity index (χ1) is 17.8. The van der Waals surface area contributed by atoms with Crippen molar-refractivity contribution in [3.63, 3.8) is 0 Å². The Morgan fingerprint density at radius 3 is 0.605 bits per heavy atom. The Morgan fingerprint density at radius 2 is 0.421 bits per heavy atom. The molecule has 228 valence electrons. The van der Waals surface area contributed by atoms with Gasteiger partial charge in [0.25, 0.3) is 0 Å². The molecule has 1 aliphatic heterocycles. The van der Waals surface area contributed by atoms with Crippen LogP contribution in [0.4, 0.5) is 0 Å². The summed E-state index contributed by atoms with van der Waals surface area (Å²) in [5.74, 6) is 0. The summed E-state index contributed by atoms with van der Waals surface area (Å²) in [6, 6.07) is 0. The molecule has 1 heterocycles. The molecule has 0 spiro atoms. The highest BCUT2D eigenvalue weighted by Gasteiger charge is 2.20. The molecule has 0 radical (unpaired) electrons. The molecule has 38 heavy (non-hydrogen) atoms. The van der Waals surface area contributed by atoms with Gasteiger partial charge in [0.05, 0.1) is 0 Å². The topological polar surface area (TPSA) is 96.2 Å². The molecule has 8 nitrogen and oxygen atoms in total. The van der Waals surface area contributed by atoms with Gasteiger partial charge in [-0.1, -0.05) is 55.4 Å². The highest BCUT2D eigenvalue weighted by Crippen LogP contribution is 2.14. The molecule has 0 amide bonds. The second kappa shape index (κ2) is 18.9. The molecule has 0 aromatic rings. The van der Waals surface area contributed by atoms with Crippen molar-refractivity contribution in [2.24, 2.45) is 21.7 Å². The van der Waals surface area contributed by atoms with E-state index in [1.807, 2.05) is 0 Å². The third-order valence-electron chi connectivity index (χ3n) is 7.20. The predicted molar refractivity (Wildman–Crippen MR) is 167 cm³/mol. The van der Waals surface area contributed by atoms with Gasteiger partial charge in [0.2, 0.25) is 0 Å². The minimum atomic E-state index is 0.254. The number of nitrogens with one attached hydrogen (secondary N) is 8. The number of hydrogen-bond donors (Lipinski definition) is 8. The fourth-order valence-corrected chi connectivity index (χ4v) is 4.69. The monoisotopic (exact) mass is 541 g/mol. The van der Waals surface area contributed by atoms with E-state index in [1.54, 1.807) is 0 Å². The van der Waals surface area contributed by atoms with Crippen LogP contribution in [0.5, 0.6) is 0 Å². The average Bonchev–Trinajstić information content (AvgIpc) is 2.81. The van der Waals surface area contributed by atoms with E-state index in [0.717, 1.165) is 118 Å². The molecule has 0 bridgehead atoms. The van der Waals surface area contributed by atoms with E-state index in [0.29, 0.717) is 0 Å². The molecule has 0 aromatic heterocycles. The van der Waals surface area contributed by atoms with Crippen molar-refractivity contribution in [1.82, 2.24) is 42.5 Å². The third kappa shape index (κ3) is 20.6. The highest BCUT2D eigenvalue weighted by atomic mass is 15.0. The Morgan fingerprint density at radius 1 is 0.263 bits per heavy atom. The van der Waals surface area contributed by atoms with Crippen molar-refractivity contribution in [2.75, 3.05) is 105 Å².